The number of benzene rings is 1. The van der Waals surface area contributed by atoms with Crippen LogP contribution >= 0.6 is 0 Å². The summed E-state index contributed by atoms with van der Waals surface area (Å²) in [4.78, 5) is 15.2. The van der Waals surface area contributed by atoms with Crippen LogP contribution in [0.25, 0.3) is 0 Å². The molecule has 0 amide bonds. The predicted octanol–water partition coefficient (Wildman–Crippen LogP) is 2.41. The summed E-state index contributed by atoms with van der Waals surface area (Å²) in [5.74, 6) is -0.742. The van der Waals surface area contributed by atoms with Gasteiger partial charge in [0, 0.05) is 12.8 Å². The minimum absolute atomic E-state index is 0.144. The van der Waals surface area contributed by atoms with Crippen molar-refractivity contribution in [3.8, 4) is 11.5 Å². The fourth-order valence-corrected chi connectivity index (χ4v) is 2.52. The Balaban J connectivity index is 1.82. The topological polar surface area (TPSA) is 90.1 Å². The molecule has 3 N–H and O–H groups in total. The number of aliphatic imine (C=N–C) groups is 1. The van der Waals surface area contributed by atoms with Crippen molar-refractivity contribution in [3.63, 3.8) is 0 Å². The van der Waals surface area contributed by atoms with E-state index in [-0.39, 0.29) is 17.4 Å². The number of hydrogen-bond acceptors (Lipinski definition) is 4. The second-order valence-corrected chi connectivity index (χ2v) is 5.30. The standard InChI is InChI=1S/C15H19NO4/c17-13-6-3-11(7-14(13)18)9-16-8-10-1-4-12(5-2-10)15(19)20/h3,6-7,9-10,12,17-18H,1-2,4-5,8H2,(H,19,20)/b16-9+. The molecule has 1 aromatic rings. The summed E-state index contributed by atoms with van der Waals surface area (Å²) in [6, 6.07) is 4.56. The van der Waals surface area contributed by atoms with Crippen LogP contribution in [0.2, 0.25) is 0 Å². The third-order valence-electron chi connectivity index (χ3n) is 3.80. The zero-order valence-electron chi connectivity index (χ0n) is 11.2. The third-order valence-corrected chi connectivity index (χ3v) is 3.80. The largest absolute Gasteiger partial charge is 0.504 e. The number of phenols is 2. The summed E-state index contributed by atoms with van der Waals surface area (Å²) in [5.41, 5.74) is 0.736. The van der Waals surface area contributed by atoms with Crippen molar-refractivity contribution in [1.82, 2.24) is 0 Å². The Hall–Kier alpha value is -2.04. The van der Waals surface area contributed by atoms with E-state index in [4.69, 9.17) is 5.11 Å². The first kappa shape index (κ1) is 14.4. The molecular weight excluding hydrogens is 258 g/mol. The molecule has 0 spiro atoms. The predicted molar refractivity (Wildman–Crippen MR) is 75.3 cm³/mol. The minimum Gasteiger partial charge on any atom is -0.504 e. The van der Waals surface area contributed by atoms with Crippen LogP contribution in [0.3, 0.4) is 0 Å². The molecule has 1 saturated carbocycles. The third kappa shape index (κ3) is 3.73. The van der Waals surface area contributed by atoms with E-state index in [0.717, 1.165) is 31.2 Å². The highest BCUT2D eigenvalue weighted by molar-refractivity contribution is 5.80. The molecule has 0 radical (unpaired) electrons. The summed E-state index contributed by atoms with van der Waals surface area (Å²) >= 11 is 0. The quantitative estimate of drug-likeness (QED) is 0.582. The molecule has 0 unspecified atom stereocenters. The Morgan fingerprint density at radius 3 is 2.50 bits per heavy atom. The average molecular weight is 277 g/mol. The molecule has 0 bridgehead atoms. The molecular formula is C15H19NO4. The normalized spacial score (nSPS) is 23.0. The molecule has 1 aromatic carbocycles. The van der Waals surface area contributed by atoms with E-state index in [9.17, 15) is 15.0 Å². The van der Waals surface area contributed by atoms with E-state index < -0.39 is 5.97 Å². The lowest BCUT2D eigenvalue weighted by molar-refractivity contribution is -0.143. The summed E-state index contributed by atoms with van der Waals surface area (Å²) in [5, 5.41) is 27.5. The zero-order chi connectivity index (χ0) is 14.5. The molecule has 1 fully saturated rings. The van der Waals surface area contributed by atoms with Crippen LogP contribution in [0.15, 0.2) is 23.2 Å². The first-order valence-corrected chi connectivity index (χ1v) is 6.81. The lowest BCUT2D eigenvalue weighted by Crippen LogP contribution is -2.22. The van der Waals surface area contributed by atoms with Crippen LogP contribution in [-0.2, 0) is 4.79 Å². The summed E-state index contributed by atoms with van der Waals surface area (Å²) in [6.07, 6.45) is 4.93. The number of rotatable bonds is 4. The van der Waals surface area contributed by atoms with Crippen molar-refractivity contribution in [2.24, 2.45) is 16.8 Å². The van der Waals surface area contributed by atoms with Crippen molar-refractivity contribution >= 4 is 12.2 Å². The Morgan fingerprint density at radius 2 is 1.90 bits per heavy atom. The molecule has 1 aliphatic carbocycles. The molecule has 0 aromatic heterocycles. The van der Waals surface area contributed by atoms with E-state index in [1.807, 2.05) is 0 Å². The minimum atomic E-state index is -0.688. The van der Waals surface area contributed by atoms with Gasteiger partial charge < -0.3 is 15.3 Å². The molecule has 5 heteroatoms. The van der Waals surface area contributed by atoms with Gasteiger partial charge in [0.1, 0.15) is 0 Å². The fourth-order valence-electron chi connectivity index (χ4n) is 2.52. The lowest BCUT2D eigenvalue weighted by atomic mass is 9.82. The maximum absolute atomic E-state index is 10.8. The molecule has 108 valence electrons. The number of carbonyl (C=O) groups is 1. The van der Waals surface area contributed by atoms with Crippen molar-refractivity contribution in [2.45, 2.75) is 25.7 Å². The maximum atomic E-state index is 10.8. The van der Waals surface area contributed by atoms with Gasteiger partial charge in [0.15, 0.2) is 11.5 Å². The second-order valence-electron chi connectivity index (χ2n) is 5.30. The monoisotopic (exact) mass is 277 g/mol. The number of aliphatic carboxylic acids is 1. The number of aromatic hydroxyl groups is 2. The SMILES string of the molecule is O=C(O)C1CCC(C/N=C/c2ccc(O)c(O)c2)CC1. The molecule has 20 heavy (non-hydrogen) atoms. The van der Waals surface area contributed by atoms with Gasteiger partial charge in [-0.05, 0) is 55.4 Å². The van der Waals surface area contributed by atoms with Crippen molar-refractivity contribution < 1.29 is 20.1 Å². The summed E-state index contributed by atoms with van der Waals surface area (Å²) in [7, 11) is 0. The van der Waals surface area contributed by atoms with Gasteiger partial charge in [0.2, 0.25) is 0 Å². The van der Waals surface area contributed by atoms with E-state index >= 15 is 0 Å². The van der Waals surface area contributed by atoms with Crippen molar-refractivity contribution in [2.75, 3.05) is 6.54 Å². The molecule has 0 heterocycles. The van der Waals surface area contributed by atoms with Crippen LogP contribution in [0.5, 0.6) is 11.5 Å². The van der Waals surface area contributed by atoms with E-state index in [1.54, 1.807) is 12.3 Å². The maximum Gasteiger partial charge on any atom is 0.306 e. The Labute approximate surface area is 117 Å². The van der Waals surface area contributed by atoms with E-state index in [0.29, 0.717) is 12.5 Å². The number of carboxylic acids is 1. The highest BCUT2D eigenvalue weighted by atomic mass is 16.4. The van der Waals surface area contributed by atoms with Gasteiger partial charge in [-0.25, -0.2) is 0 Å². The molecule has 0 saturated heterocycles. The first-order chi connectivity index (χ1) is 9.56. The van der Waals surface area contributed by atoms with Gasteiger partial charge in [0.25, 0.3) is 0 Å². The first-order valence-electron chi connectivity index (χ1n) is 6.81. The highest BCUT2D eigenvalue weighted by Crippen LogP contribution is 2.29. The molecule has 1 aliphatic rings. The van der Waals surface area contributed by atoms with Gasteiger partial charge >= 0.3 is 5.97 Å². The van der Waals surface area contributed by atoms with Crippen LogP contribution < -0.4 is 0 Å². The fraction of sp³-hybridized carbons (Fsp3) is 0.467. The molecule has 2 rings (SSSR count). The van der Waals surface area contributed by atoms with Crippen LogP contribution in [0.4, 0.5) is 0 Å². The smallest absolute Gasteiger partial charge is 0.306 e. The average Bonchev–Trinajstić information content (AvgIpc) is 2.43. The summed E-state index contributed by atoms with van der Waals surface area (Å²) < 4.78 is 0. The van der Waals surface area contributed by atoms with Crippen molar-refractivity contribution in [1.29, 1.82) is 0 Å². The van der Waals surface area contributed by atoms with E-state index in [2.05, 4.69) is 4.99 Å². The molecule has 0 atom stereocenters. The highest BCUT2D eigenvalue weighted by Gasteiger charge is 2.25. The van der Waals surface area contributed by atoms with Gasteiger partial charge in [-0.1, -0.05) is 0 Å². The number of phenolic OH excluding ortho intramolecular Hbond substituents is 2. The van der Waals surface area contributed by atoms with Gasteiger partial charge in [-0.2, -0.15) is 0 Å². The number of hydrogen-bond donors (Lipinski definition) is 3. The van der Waals surface area contributed by atoms with Crippen molar-refractivity contribution in [3.05, 3.63) is 23.8 Å². The van der Waals surface area contributed by atoms with Gasteiger partial charge in [-0.15, -0.1) is 0 Å². The van der Waals surface area contributed by atoms with Crippen LogP contribution in [0.1, 0.15) is 31.2 Å². The van der Waals surface area contributed by atoms with Gasteiger partial charge in [-0.3, -0.25) is 9.79 Å². The van der Waals surface area contributed by atoms with E-state index in [1.165, 1.54) is 12.1 Å². The molecule has 0 aliphatic heterocycles. The lowest BCUT2D eigenvalue weighted by Gasteiger charge is -2.24. The van der Waals surface area contributed by atoms with Crippen LogP contribution in [0, 0.1) is 11.8 Å². The number of carboxylic acid groups (broad SMARTS) is 1. The Kier molecular flexibility index (Phi) is 4.61. The van der Waals surface area contributed by atoms with Crippen LogP contribution in [-0.4, -0.2) is 34.0 Å². The Morgan fingerprint density at radius 1 is 1.20 bits per heavy atom. The molecule has 5 nitrogen and oxygen atoms in total. The van der Waals surface area contributed by atoms with Gasteiger partial charge in [0.05, 0.1) is 5.92 Å². The second kappa shape index (κ2) is 6.41. The number of nitrogens with zero attached hydrogens (tertiary/aromatic N) is 1. The Bertz CT molecular complexity index is 505. The zero-order valence-corrected chi connectivity index (χ0v) is 11.2. The summed E-state index contributed by atoms with van der Waals surface area (Å²) in [6.45, 7) is 0.675.